The summed E-state index contributed by atoms with van der Waals surface area (Å²) < 4.78 is 22.5. The van der Waals surface area contributed by atoms with Crippen LogP contribution in [-0.4, -0.2) is 42.9 Å². The van der Waals surface area contributed by atoms with Crippen LogP contribution >= 0.6 is 0 Å². The van der Waals surface area contributed by atoms with Crippen LogP contribution in [0.4, 0.5) is 5.82 Å². The molecule has 88 valence electrons. The summed E-state index contributed by atoms with van der Waals surface area (Å²) in [5, 5.41) is 0. The van der Waals surface area contributed by atoms with E-state index in [1.807, 2.05) is 6.07 Å². The van der Waals surface area contributed by atoms with Crippen LogP contribution in [0.1, 0.15) is 5.56 Å². The molecule has 0 aromatic carbocycles. The standard InChI is InChI=1S/C10H15N3O2S/c11-10-2-1-9(7-12-10)8-13-3-5-16(14,15)6-4-13/h1-2,7H,3-6,8H2,(H2,11,12). The van der Waals surface area contributed by atoms with Crippen molar-refractivity contribution in [2.45, 2.75) is 6.54 Å². The predicted molar refractivity (Wildman–Crippen MR) is 62.6 cm³/mol. The van der Waals surface area contributed by atoms with Gasteiger partial charge in [0, 0.05) is 25.8 Å². The Hall–Kier alpha value is -1.14. The molecule has 1 aliphatic rings. The molecule has 2 N–H and O–H groups in total. The van der Waals surface area contributed by atoms with E-state index in [9.17, 15) is 8.42 Å². The number of anilines is 1. The molecule has 1 aromatic heterocycles. The maximum absolute atomic E-state index is 11.2. The van der Waals surface area contributed by atoms with Crippen LogP contribution in [0.3, 0.4) is 0 Å². The number of sulfone groups is 1. The second-order valence-electron chi connectivity index (χ2n) is 4.02. The third-order valence-corrected chi connectivity index (χ3v) is 4.30. The molecule has 0 saturated carbocycles. The van der Waals surface area contributed by atoms with Crippen molar-refractivity contribution in [1.82, 2.24) is 9.88 Å². The molecule has 16 heavy (non-hydrogen) atoms. The van der Waals surface area contributed by atoms with Gasteiger partial charge in [0.2, 0.25) is 0 Å². The largest absolute Gasteiger partial charge is 0.384 e. The average Bonchev–Trinajstić information content (AvgIpc) is 2.24. The number of aromatic nitrogens is 1. The SMILES string of the molecule is Nc1ccc(CN2CCS(=O)(=O)CC2)cn1. The lowest BCUT2D eigenvalue weighted by atomic mass is 10.2. The number of hydrogen-bond donors (Lipinski definition) is 1. The molecule has 1 fully saturated rings. The lowest BCUT2D eigenvalue weighted by molar-refractivity contribution is 0.287. The second kappa shape index (κ2) is 4.39. The molecule has 1 aliphatic heterocycles. The van der Waals surface area contributed by atoms with Gasteiger partial charge < -0.3 is 5.73 Å². The average molecular weight is 241 g/mol. The minimum Gasteiger partial charge on any atom is -0.384 e. The Bertz CT molecular complexity index is 441. The zero-order valence-electron chi connectivity index (χ0n) is 8.96. The molecule has 0 bridgehead atoms. The van der Waals surface area contributed by atoms with Crippen LogP contribution in [-0.2, 0) is 16.4 Å². The first-order chi connectivity index (χ1) is 7.55. The van der Waals surface area contributed by atoms with Crippen molar-refractivity contribution >= 4 is 15.7 Å². The van der Waals surface area contributed by atoms with Crippen molar-refractivity contribution in [3.05, 3.63) is 23.9 Å². The van der Waals surface area contributed by atoms with Gasteiger partial charge in [-0.2, -0.15) is 0 Å². The first-order valence-electron chi connectivity index (χ1n) is 5.18. The molecular formula is C10H15N3O2S. The zero-order valence-corrected chi connectivity index (χ0v) is 9.78. The smallest absolute Gasteiger partial charge is 0.152 e. The Morgan fingerprint density at radius 1 is 1.31 bits per heavy atom. The normalized spacial score (nSPS) is 20.8. The number of pyridine rings is 1. The van der Waals surface area contributed by atoms with Crippen LogP contribution in [0.15, 0.2) is 18.3 Å². The van der Waals surface area contributed by atoms with Gasteiger partial charge in [-0.05, 0) is 11.6 Å². The van der Waals surface area contributed by atoms with Crippen molar-refractivity contribution in [2.75, 3.05) is 30.3 Å². The molecule has 0 spiro atoms. The van der Waals surface area contributed by atoms with Crippen LogP contribution in [0.25, 0.3) is 0 Å². The highest BCUT2D eigenvalue weighted by Gasteiger charge is 2.21. The first kappa shape index (κ1) is 11.3. The van der Waals surface area contributed by atoms with Gasteiger partial charge in [-0.3, -0.25) is 4.90 Å². The molecule has 6 heteroatoms. The molecule has 0 unspecified atom stereocenters. The molecular weight excluding hydrogens is 226 g/mol. The molecule has 2 heterocycles. The van der Waals surface area contributed by atoms with Gasteiger partial charge in [0.05, 0.1) is 11.5 Å². The van der Waals surface area contributed by atoms with E-state index in [1.165, 1.54) is 0 Å². The van der Waals surface area contributed by atoms with Gasteiger partial charge in [-0.1, -0.05) is 6.07 Å². The van der Waals surface area contributed by atoms with Gasteiger partial charge in [0.1, 0.15) is 5.82 Å². The third kappa shape index (κ3) is 2.93. The zero-order chi connectivity index (χ0) is 11.6. The molecule has 0 atom stereocenters. The Labute approximate surface area is 95.2 Å². The molecule has 2 rings (SSSR count). The number of rotatable bonds is 2. The summed E-state index contributed by atoms with van der Waals surface area (Å²) >= 11 is 0. The summed E-state index contributed by atoms with van der Waals surface area (Å²) in [5.41, 5.74) is 6.55. The fourth-order valence-electron chi connectivity index (χ4n) is 1.70. The molecule has 0 amide bonds. The highest BCUT2D eigenvalue weighted by molar-refractivity contribution is 7.91. The summed E-state index contributed by atoms with van der Waals surface area (Å²) in [6.45, 7) is 1.95. The van der Waals surface area contributed by atoms with Gasteiger partial charge >= 0.3 is 0 Å². The van der Waals surface area contributed by atoms with E-state index in [-0.39, 0.29) is 11.5 Å². The lowest BCUT2D eigenvalue weighted by Crippen LogP contribution is -2.39. The maximum Gasteiger partial charge on any atom is 0.152 e. The van der Waals surface area contributed by atoms with Gasteiger partial charge in [-0.25, -0.2) is 13.4 Å². The minimum atomic E-state index is -2.79. The summed E-state index contributed by atoms with van der Waals surface area (Å²) in [7, 11) is -2.79. The van der Waals surface area contributed by atoms with Crippen molar-refractivity contribution in [2.24, 2.45) is 0 Å². The third-order valence-electron chi connectivity index (χ3n) is 2.69. The van der Waals surface area contributed by atoms with E-state index in [2.05, 4.69) is 9.88 Å². The van der Waals surface area contributed by atoms with E-state index in [1.54, 1.807) is 12.3 Å². The van der Waals surface area contributed by atoms with Crippen LogP contribution in [0, 0.1) is 0 Å². The number of nitrogen functional groups attached to an aromatic ring is 1. The van der Waals surface area contributed by atoms with E-state index in [4.69, 9.17) is 5.73 Å². The first-order valence-corrected chi connectivity index (χ1v) is 7.00. The van der Waals surface area contributed by atoms with E-state index in [0.29, 0.717) is 18.9 Å². The molecule has 1 saturated heterocycles. The fraction of sp³-hybridized carbons (Fsp3) is 0.500. The Kier molecular flexibility index (Phi) is 3.11. The fourth-order valence-corrected chi connectivity index (χ4v) is 2.97. The van der Waals surface area contributed by atoms with Gasteiger partial charge in [-0.15, -0.1) is 0 Å². The van der Waals surface area contributed by atoms with Crippen molar-refractivity contribution in [3.8, 4) is 0 Å². The highest BCUT2D eigenvalue weighted by atomic mass is 32.2. The maximum atomic E-state index is 11.2. The van der Waals surface area contributed by atoms with E-state index in [0.717, 1.165) is 12.1 Å². The summed E-state index contributed by atoms with van der Waals surface area (Å²) in [6, 6.07) is 3.68. The van der Waals surface area contributed by atoms with Crippen molar-refractivity contribution in [3.63, 3.8) is 0 Å². The van der Waals surface area contributed by atoms with Crippen LogP contribution < -0.4 is 5.73 Å². The van der Waals surface area contributed by atoms with Crippen molar-refractivity contribution in [1.29, 1.82) is 0 Å². The second-order valence-corrected chi connectivity index (χ2v) is 6.32. The summed E-state index contributed by atoms with van der Waals surface area (Å²) in [6.07, 6.45) is 1.73. The predicted octanol–water partition coefficient (Wildman–Crippen LogP) is -0.106. The molecule has 0 radical (unpaired) electrons. The van der Waals surface area contributed by atoms with E-state index < -0.39 is 9.84 Å². The van der Waals surface area contributed by atoms with Gasteiger partial charge in [0.25, 0.3) is 0 Å². The molecule has 0 aliphatic carbocycles. The Morgan fingerprint density at radius 3 is 2.56 bits per heavy atom. The number of nitrogens with two attached hydrogens (primary N) is 1. The Balaban J connectivity index is 1.94. The highest BCUT2D eigenvalue weighted by Crippen LogP contribution is 2.09. The quantitative estimate of drug-likeness (QED) is 0.782. The summed E-state index contributed by atoms with van der Waals surface area (Å²) in [4.78, 5) is 6.13. The topological polar surface area (TPSA) is 76.3 Å². The minimum absolute atomic E-state index is 0.259. The molecule has 1 aromatic rings. The van der Waals surface area contributed by atoms with E-state index >= 15 is 0 Å². The number of nitrogens with zero attached hydrogens (tertiary/aromatic N) is 2. The Morgan fingerprint density at radius 2 is 2.00 bits per heavy atom. The molecule has 5 nitrogen and oxygen atoms in total. The number of hydrogen-bond acceptors (Lipinski definition) is 5. The van der Waals surface area contributed by atoms with Gasteiger partial charge in [0.15, 0.2) is 9.84 Å². The van der Waals surface area contributed by atoms with Crippen LogP contribution in [0.5, 0.6) is 0 Å². The van der Waals surface area contributed by atoms with Crippen LogP contribution in [0.2, 0.25) is 0 Å². The lowest BCUT2D eigenvalue weighted by Gasteiger charge is -2.26. The monoisotopic (exact) mass is 241 g/mol. The van der Waals surface area contributed by atoms with Crippen molar-refractivity contribution < 1.29 is 8.42 Å². The summed E-state index contributed by atoms with van der Waals surface area (Å²) in [5.74, 6) is 1.02.